The van der Waals surface area contributed by atoms with Crippen LogP contribution < -0.4 is 5.32 Å². The molecule has 0 fully saturated rings. The summed E-state index contributed by atoms with van der Waals surface area (Å²) in [5.74, 6) is -1.00. The van der Waals surface area contributed by atoms with Gasteiger partial charge in [-0.2, -0.15) is 5.26 Å². The van der Waals surface area contributed by atoms with Crippen molar-refractivity contribution in [1.82, 2.24) is 0 Å². The van der Waals surface area contributed by atoms with Crippen LogP contribution in [0.3, 0.4) is 0 Å². The van der Waals surface area contributed by atoms with Gasteiger partial charge in [-0.25, -0.2) is 4.79 Å². The first kappa shape index (κ1) is 16.2. The van der Waals surface area contributed by atoms with E-state index in [0.717, 1.165) is 5.56 Å². The first-order valence-electron chi connectivity index (χ1n) is 7.09. The second-order valence-corrected chi connectivity index (χ2v) is 5.04. The molecule has 0 heterocycles. The lowest BCUT2D eigenvalue weighted by Gasteiger charge is -2.14. The molecule has 0 radical (unpaired) electrons. The van der Waals surface area contributed by atoms with E-state index >= 15 is 0 Å². The number of benzene rings is 2. The lowest BCUT2D eigenvalue weighted by molar-refractivity contribution is -0.123. The Kier molecular flexibility index (Phi) is 5.11. The average Bonchev–Trinajstić information content (AvgIpc) is 2.55. The Morgan fingerprint density at radius 3 is 2.61 bits per heavy atom. The molecule has 23 heavy (non-hydrogen) atoms. The van der Waals surface area contributed by atoms with Gasteiger partial charge in [0, 0.05) is 5.69 Å². The molecule has 5 heteroatoms. The highest BCUT2D eigenvalue weighted by Gasteiger charge is 2.20. The summed E-state index contributed by atoms with van der Waals surface area (Å²) in [7, 11) is 0. The van der Waals surface area contributed by atoms with Gasteiger partial charge in [-0.3, -0.25) is 4.79 Å². The number of hydrogen-bond acceptors (Lipinski definition) is 4. The molecule has 5 nitrogen and oxygen atoms in total. The predicted molar refractivity (Wildman–Crippen MR) is 85.8 cm³/mol. The van der Waals surface area contributed by atoms with E-state index in [1.807, 2.05) is 12.1 Å². The van der Waals surface area contributed by atoms with E-state index in [2.05, 4.69) is 5.32 Å². The summed E-state index contributed by atoms with van der Waals surface area (Å²) in [6, 6.07) is 15.5. The zero-order valence-electron chi connectivity index (χ0n) is 12.9. The minimum atomic E-state index is -0.951. The van der Waals surface area contributed by atoms with Gasteiger partial charge in [0.25, 0.3) is 5.91 Å². The average molecular weight is 308 g/mol. The first-order valence-corrected chi connectivity index (χ1v) is 7.09. The lowest BCUT2D eigenvalue weighted by atomic mass is 10.1. The van der Waals surface area contributed by atoms with Crippen molar-refractivity contribution >= 4 is 17.6 Å². The molecule has 0 aliphatic heterocycles. The number of esters is 1. The van der Waals surface area contributed by atoms with Gasteiger partial charge in [-0.05, 0) is 43.7 Å². The third-order valence-corrected chi connectivity index (χ3v) is 3.28. The van der Waals surface area contributed by atoms with Crippen molar-refractivity contribution in [3.8, 4) is 6.07 Å². The smallest absolute Gasteiger partial charge is 0.339 e. The highest BCUT2D eigenvalue weighted by atomic mass is 16.5. The molecule has 116 valence electrons. The zero-order chi connectivity index (χ0) is 16.8. The molecule has 0 spiro atoms. The van der Waals surface area contributed by atoms with Crippen LogP contribution in [0.2, 0.25) is 0 Å². The number of carbonyl (C=O) groups excluding carboxylic acids is 2. The van der Waals surface area contributed by atoms with Crippen LogP contribution in [-0.2, 0) is 9.53 Å². The van der Waals surface area contributed by atoms with Crippen molar-refractivity contribution < 1.29 is 14.3 Å². The SMILES string of the molecule is Cc1ccccc1C(=O)O[C@H](C)C(=O)Nc1cccc(C#N)c1. The van der Waals surface area contributed by atoms with Crippen molar-refractivity contribution in [3.05, 3.63) is 65.2 Å². The lowest BCUT2D eigenvalue weighted by Crippen LogP contribution is -2.30. The second-order valence-electron chi connectivity index (χ2n) is 5.04. The quantitative estimate of drug-likeness (QED) is 0.880. The van der Waals surface area contributed by atoms with Crippen LogP contribution in [0.15, 0.2) is 48.5 Å². The standard InChI is InChI=1S/C18H16N2O3/c1-12-6-3-4-9-16(12)18(22)23-13(2)17(21)20-15-8-5-7-14(10-15)11-19/h3-10,13H,1-2H3,(H,20,21)/t13-/m1/s1. The molecule has 2 aromatic carbocycles. The fourth-order valence-electron chi connectivity index (χ4n) is 1.99. The fraction of sp³-hybridized carbons (Fsp3) is 0.167. The molecular weight excluding hydrogens is 292 g/mol. The molecule has 0 saturated heterocycles. The molecule has 2 rings (SSSR count). The molecule has 1 atom stereocenters. The Bertz CT molecular complexity index is 778. The minimum Gasteiger partial charge on any atom is -0.449 e. The minimum absolute atomic E-state index is 0.429. The van der Waals surface area contributed by atoms with Crippen LogP contribution in [0.1, 0.15) is 28.4 Å². The number of aryl methyl sites for hydroxylation is 1. The Balaban J connectivity index is 2.01. The maximum atomic E-state index is 12.1. The van der Waals surface area contributed by atoms with Crippen LogP contribution in [0.4, 0.5) is 5.69 Å². The summed E-state index contributed by atoms with van der Waals surface area (Å²) >= 11 is 0. The number of nitrogens with one attached hydrogen (secondary N) is 1. The van der Waals surface area contributed by atoms with Crippen LogP contribution in [0.25, 0.3) is 0 Å². The summed E-state index contributed by atoms with van der Waals surface area (Å²) in [5, 5.41) is 11.5. The van der Waals surface area contributed by atoms with Crippen molar-refractivity contribution in [3.63, 3.8) is 0 Å². The topological polar surface area (TPSA) is 79.2 Å². The zero-order valence-corrected chi connectivity index (χ0v) is 12.9. The van der Waals surface area contributed by atoms with Crippen LogP contribution >= 0.6 is 0 Å². The predicted octanol–water partition coefficient (Wildman–Crippen LogP) is 3.05. The molecule has 0 bridgehead atoms. The van der Waals surface area contributed by atoms with Gasteiger partial charge in [0.15, 0.2) is 6.10 Å². The van der Waals surface area contributed by atoms with Crippen LogP contribution in [0.5, 0.6) is 0 Å². The summed E-state index contributed by atoms with van der Waals surface area (Å²) in [5.41, 5.74) is 2.13. The van der Waals surface area contributed by atoms with Gasteiger partial charge < -0.3 is 10.1 Å². The van der Waals surface area contributed by atoms with E-state index in [4.69, 9.17) is 10.00 Å². The number of hydrogen-bond donors (Lipinski definition) is 1. The molecule has 0 unspecified atom stereocenters. The van der Waals surface area contributed by atoms with Crippen molar-refractivity contribution in [2.24, 2.45) is 0 Å². The molecule has 2 aromatic rings. The summed E-state index contributed by atoms with van der Waals surface area (Å²) in [6.07, 6.45) is -0.951. The summed E-state index contributed by atoms with van der Waals surface area (Å²) in [6.45, 7) is 3.30. The Hall–Kier alpha value is -3.13. The van der Waals surface area contributed by atoms with E-state index in [0.29, 0.717) is 16.8 Å². The number of carbonyl (C=O) groups is 2. The Morgan fingerprint density at radius 2 is 1.91 bits per heavy atom. The molecule has 1 N–H and O–H groups in total. The molecule has 1 amide bonds. The molecule has 0 aliphatic carbocycles. The van der Waals surface area contributed by atoms with Gasteiger partial charge in [0.05, 0.1) is 17.2 Å². The van der Waals surface area contributed by atoms with Gasteiger partial charge >= 0.3 is 5.97 Å². The number of amides is 1. The van der Waals surface area contributed by atoms with Gasteiger partial charge in [0.2, 0.25) is 0 Å². The molecule has 0 aliphatic rings. The number of rotatable bonds is 4. The third-order valence-electron chi connectivity index (χ3n) is 3.28. The van der Waals surface area contributed by atoms with Crippen molar-refractivity contribution in [2.75, 3.05) is 5.32 Å². The number of nitrogens with zero attached hydrogens (tertiary/aromatic N) is 1. The van der Waals surface area contributed by atoms with E-state index in [1.165, 1.54) is 6.92 Å². The number of nitriles is 1. The number of ether oxygens (including phenoxy) is 1. The molecule has 0 saturated carbocycles. The largest absolute Gasteiger partial charge is 0.449 e. The van der Waals surface area contributed by atoms with Crippen LogP contribution in [-0.4, -0.2) is 18.0 Å². The van der Waals surface area contributed by atoms with Crippen molar-refractivity contribution in [2.45, 2.75) is 20.0 Å². The summed E-state index contributed by atoms with van der Waals surface area (Å²) in [4.78, 5) is 24.2. The second kappa shape index (κ2) is 7.23. The van der Waals surface area contributed by atoms with E-state index < -0.39 is 18.0 Å². The number of anilines is 1. The monoisotopic (exact) mass is 308 g/mol. The van der Waals surface area contributed by atoms with Gasteiger partial charge in [0.1, 0.15) is 0 Å². The molecule has 0 aromatic heterocycles. The highest BCUT2D eigenvalue weighted by Crippen LogP contribution is 2.13. The maximum absolute atomic E-state index is 12.1. The Morgan fingerprint density at radius 1 is 1.17 bits per heavy atom. The van der Waals surface area contributed by atoms with Crippen LogP contribution in [0, 0.1) is 18.3 Å². The third kappa shape index (κ3) is 4.17. The van der Waals surface area contributed by atoms with E-state index in [1.54, 1.807) is 49.4 Å². The van der Waals surface area contributed by atoms with Crippen molar-refractivity contribution in [1.29, 1.82) is 5.26 Å². The van der Waals surface area contributed by atoms with Gasteiger partial charge in [-0.1, -0.05) is 24.3 Å². The maximum Gasteiger partial charge on any atom is 0.339 e. The highest BCUT2D eigenvalue weighted by molar-refractivity contribution is 5.97. The normalized spacial score (nSPS) is 11.2. The van der Waals surface area contributed by atoms with Gasteiger partial charge in [-0.15, -0.1) is 0 Å². The fourth-order valence-corrected chi connectivity index (χ4v) is 1.99. The Labute approximate surface area is 134 Å². The van der Waals surface area contributed by atoms with E-state index in [9.17, 15) is 9.59 Å². The molecular formula is C18H16N2O3. The summed E-state index contributed by atoms with van der Waals surface area (Å²) < 4.78 is 5.19. The van der Waals surface area contributed by atoms with E-state index in [-0.39, 0.29) is 0 Å². The first-order chi connectivity index (χ1) is 11.0.